The Labute approximate surface area is 120 Å². The lowest BCUT2D eigenvalue weighted by molar-refractivity contribution is 0.583. The van der Waals surface area contributed by atoms with Crippen LogP contribution in [0, 0.1) is 4.84 Å². The number of nitrogens with one attached hydrogen (secondary N) is 1. The van der Waals surface area contributed by atoms with Crippen LogP contribution in [-0.4, -0.2) is 4.98 Å². The molecule has 0 aliphatic carbocycles. The van der Waals surface area contributed by atoms with Crippen LogP contribution >= 0.6 is 12.2 Å². The molecule has 1 aromatic carbocycles. The molecule has 0 radical (unpaired) electrons. The van der Waals surface area contributed by atoms with Crippen molar-refractivity contribution in [3.05, 3.63) is 28.6 Å². The number of H-pyrrole nitrogens is 1. The first-order valence-electron chi connectivity index (χ1n) is 7.41. The van der Waals surface area contributed by atoms with Gasteiger partial charge in [-0.05, 0) is 42.8 Å². The van der Waals surface area contributed by atoms with Gasteiger partial charge in [0, 0.05) is 0 Å². The van der Waals surface area contributed by atoms with Gasteiger partial charge in [-0.3, -0.25) is 0 Å². The molecule has 0 saturated heterocycles. The standard InChI is InChI=1S/C16H23NOS/c1-2-3-4-5-6-7-8-9-13-10-11-15-14(12-13)17-16(19)18-15/h10-12H,2-9H2,1H3,(H,17,19). The van der Waals surface area contributed by atoms with Crippen LogP contribution in [0.15, 0.2) is 22.6 Å². The SMILES string of the molecule is CCCCCCCCCc1ccc2oc(=S)[nH]c2c1. The number of hydrogen-bond acceptors (Lipinski definition) is 2. The van der Waals surface area contributed by atoms with Gasteiger partial charge in [-0.2, -0.15) is 0 Å². The number of aryl methyl sites for hydroxylation is 1. The Morgan fingerprint density at radius 2 is 1.79 bits per heavy atom. The Hall–Kier alpha value is -1.09. The van der Waals surface area contributed by atoms with E-state index in [0.717, 1.165) is 17.5 Å². The van der Waals surface area contributed by atoms with E-state index in [4.69, 9.17) is 16.6 Å². The molecule has 1 aromatic heterocycles. The normalized spacial score (nSPS) is 11.2. The number of rotatable bonds is 8. The summed E-state index contributed by atoms with van der Waals surface area (Å²) in [6, 6.07) is 6.31. The van der Waals surface area contributed by atoms with Gasteiger partial charge in [0.1, 0.15) is 0 Å². The Balaban J connectivity index is 1.74. The molecule has 2 aromatic rings. The lowest BCUT2D eigenvalue weighted by Gasteiger charge is -2.02. The van der Waals surface area contributed by atoms with E-state index < -0.39 is 0 Å². The molecule has 0 spiro atoms. The molecule has 0 aliphatic heterocycles. The quantitative estimate of drug-likeness (QED) is 0.489. The predicted octanol–water partition coefficient (Wildman–Crippen LogP) is 5.78. The second kappa shape index (κ2) is 7.49. The summed E-state index contributed by atoms with van der Waals surface area (Å²) < 4.78 is 5.36. The monoisotopic (exact) mass is 277 g/mol. The second-order valence-corrected chi connectivity index (χ2v) is 5.59. The number of unbranched alkanes of at least 4 members (excludes halogenated alkanes) is 6. The molecule has 1 heterocycles. The Morgan fingerprint density at radius 1 is 1.05 bits per heavy atom. The van der Waals surface area contributed by atoms with E-state index in [1.54, 1.807) is 0 Å². The molecule has 0 aliphatic rings. The molecule has 0 fully saturated rings. The number of aromatic amines is 1. The van der Waals surface area contributed by atoms with Crippen molar-refractivity contribution in [2.45, 2.75) is 58.3 Å². The Morgan fingerprint density at radius 3 is 2.58 bits per heavy atom. The molecule has 1 N–H and O–H groups in total. The first-order valence-corrected chi connectivity index (χ1v) is 7.82. The maximum atomic E-state index is 5.36. The van der Waals surface area contributed by atoms with Gasteiger partial charge in [0.15, 0.2) is 5.58 Å². The molecule has 0 bridgehead atoms. The van der Waals surface area contributed by atoms with Crippen molar-refractivity contribution in [2.75, 3.05) is 0 Å². The highest BCUT2D eigenvalue weighted by atomic mass is 32.1. The number of aromatic nitrogens is 1. The summed E-state index contributed by atoms with van der Waals surface area (Å²) in [7, 11) is 0. The molecule has 0 unspecified atom stereocenters. The van der Waals surface area contributed by atoms with Gasteiger partial charge in [-0.15, -0.1) is 0 Å². The number of fused-ring (bicyclic) bond motifs is 1. The summed E-state index contributed by atoms with van der Waals surface area (Å²) in [5.74, 6) is 0. The topological polar surface area (TPSA) is 28.9 Å². The zero-order chi connectivity index (χ0) is 13.5. The molecule has 0 amide bonds. The van der Waals surface area contributed by atoms with Crippen molar-refractivity contribution in [3.8, 4) is 0 Å². The van der Waals surface area contributed by atoms with Gasteiger partial charge < -0.3 is 9.40 Å². The van der Waals surface area contributed by atoms with Crippen LogP contribution < -0.4 is 0 Å². The Bertz CT molecular complexity index is 555. The fourth-order valence-electron chi connectivity index (χ4n) is 2.44. The molecule has 19 heavy (non-hydrogen) atoms. The fraction of sp³-hybridized carbons (Fsp3) is 0.562. The first kappa shape index (κ1) is 14.3. The lowest BCUT2D eigenvalue weighted by atomic mass is 10.0. The van der Waals surface area contributed by atoms with Crippen molar-refractivity contribution in [1.82, 2.24) is 4.98 Å². The largest absolute Gasteiger partial charge is 0.429 e. The van der Waals surface area contributed by atoms with Crippen LogP contribution in [0.4, 0.5) is 0 Å². The van der Waals surface area contributed by atoms with E-state index in [9.17, 15) is 0 Å². The van der Waals surface area contributed by atoms with Crippen LogP contribution in [-0.2, 0) is 6.42 Å². The summed E-state index contributed by atoms with van der Waals surface area (Å²) in [4.78, 5) is 3.53. The van der Waals surface area contributed by atoms with E-state index in [1.807, 2.05) is 6.07 Å². The highest BCUT2D eigenvalue weighted by Crippen LogP contribution is 2.17. The van der Waals surface area contributed by atoms with Crippen LogP contribution in [0.1, 0.15) is 57.4 Å². The highest BCUT2D eigenvalue weighted by Gasteiger charge is 2.00. The van der Waals surface area contributed by atoms with E-state index in [1.165, 1.54) is 50.5 Å². The maximum Gasteiger partial charge on any atom is 0.266 e. The van der Waals surface area contributed by atoms with Crippen LogP contribution in [0.2, 0.25) is 0 Å². The van der Waals surface area contributed by atoms with Crippen LogP contribution in [0.5, 0.6) is 0 Å². The van der Waals surface area contributed by atoms with Gasteiger partial charge in [-0.25, -0.2) is 0 Å². The van der Waals surface area contributed by atoms with Crippen LogP contribution in [0.3, 0.4) is 0 Å². The highest BCUT2D eigenvalue weighted by molar-refractivity contribution is 7.71. The number of hydrogen-bond donors (Lipinski definition) is 1. The summed E-state index contributed by atoms with van der Waals surface area (Å²) >= 11 is 4.99. The summed E-state index contributed by atoms with van der Waals surface area (Å²) in [6.45, 7) is 2.26. The van der Waals surface area contributed by atoms with Gasteiger partial charge >= 0.3 is 0 Å². The zero-order valence-corrected chi connectivity index (χ0v) is 12.5. The lowest BCUT2D eigenvalue weighted by Crippen LogP contribution is -1.86. The minimum atomic E-state index is 0.461. The van der Waals surface area contributed by atoms with Gasteiger partial charge in [-0.1, -0.05) is 51.5 Å². The minimum absolute atomic E-state index is 0.461. The third kappa shape index (κ3) is 4.50. The molecular weight excluding hydrogens is 254 g/mol. The fourth-order valence-corrected chi connectivity index (χ4v) is 2.64. The minimum Gasteiger partial charge on any atom is -0.429 e. The summed E-state index contributed by atoms with van der Waals surface area (Å²) in [5, 5.41) is 0. The van der Waals surface area contributed by atoms with Gasteiger partial charge in [0.25, 0.3) is 4.84 Å². The van der Waals surface area contributed by atoms with Crippen molar-refractivity contribution in [2.24, 2.45) is 0 Å². The third-order valence-corrected chi connectivity index (χ3v) is 3.74. The van der Waals surface area contributed by atoms with Crippen LogP contribution in [0.25, 0.3) is 11.1 Å². The van der Waals surface area contributed by atoms with Crippen molar-refractivity contribution in [1.29, 1.82) is 0 Å². The molecule has 3 heteroatoms. The number of benzene rings is 1. The van der Waals surface area contributed by atoms with E-state index in [0.29, 0.717) is 4.84 Å². The van der Waals surface area contributed by atoms with E-state index in [2.05, 4.69) is 24.0 Å². The second-order valence-electron chi connectivity index (χ2n) is 5.22. The predicted molar refractivity (Wildman–Crippen MR) is 83.1 cm³/mol. The average Bonchev–Trinajstić information content (AvgIpc) is 2.77. The van der Waals surface area contributed by atoms with E-state index in [-0.39, 0.29) is 0 Å². The molecule has 0 saturated carbocycles. The average molecular weight is 277 g/mol. The third-order valence-electron chi connectivity index (χ3n) is 3.55. The smallest absolute Gasteiger partial charge is 0.266 e. The molecule has 104 valence electrons. The maximum absolute atomic E-state index is 5.36. The summed E-state index contributed by atoms with van der Waals surface area (Å²) in [6.07, 6.45) is 10.6. The molecular formula is C16H23NOS. The summed E-state index contributed by atoms with van der Waals surface area (Å²) in [5.41, 5.74) is 3.24. The van der Waals surface area contributed by atoms with E-state index >= 15 is 0 Å². The van der Waals surface area contributed by atoms with Crippen molar-refractivity contribution in [3.63, 3.8) is 0 Å². The number of oxazole rings is 1. The van der Waals surface area contributed by atoms with Crippen molar-refractivity contribution >= 4 is 23.3 Å². The first-order chi connectivity index (χ1) is 9.29. The molecule has 2 nitrogen and oxygen atoms in total. The van der Waals surface area contributed by atoms with Crippen molar-refractivity contribution < 1.29 is 4.42 Å². The Kier molecular flexibility index (Phi) is 5.64. The zero-order valence-electron chi connectivity index (χ0n) is 11.7. The van der Waals surface area contributed by atoms with Gasteiger partial charge in [0.2, 0.25) is 0 Å². The molecule has 0 atom stereocenters. The molecule has 2 rings (SSSR count). The van der Waals surface area contributed by atoms with Gasteiger partial charge in [0.05, 0.1) is 5.52 Å².